The van der Waals surface area contributed by atoms with Crippen LogP contribution >= 0.6 is 0 Å². The topological polar surface area (TPSA) is 95.3 Å². The lowest BCUT2D eigenvalue weighted by atomic mass is 10.0. The standard InChI is InChI=1S/C73H52N6O2/c80-73(81)60-45-47-75-70(51-60)67-22-13-23-68(76-67)71-49-55(27-25-53-30-38-64(39-31-53)79(62-20-11-4-12-21-62)66-42-34-59(35-43-66)57-16-7-2-8-17-57)50-72(77-71)69-48-54(44-46-74-69)26-24-52-28-36-63(37-29-52)78(61-18-9-3-10-19-61)65-40-32-58(33-41-65)56-14-5-1-6-15-56/h1-51H,(H,80,81)/b26-24+,27-25+. The van der Waals surface area contributed by atoms with Gasteiger partial charge in [-0.15, -0.1) is 0 Å². The second kappa shape index (κ2) is 23.7. The number of hydrogen-bond donors (Lipinski definition) is 1. The zero-order valence-corrected chi connectivity index (χ0v) is 44.0. The molecule has 1 N–H and O–H groups in total. The summed E-state index contributed by atoms with van der Waals surface area (Å²) >= 11 is 0. The molecule has 0 saturated heterocycles. The van der Waals surface area contributed by atoms with Gasteiger partial charge < -0.3 is 14.9 Å². The first kappa shape index (κ1) is 50.7. The van der Waals surface area contributed by atoms with Crippen molar-refractivity contribution in [2.24, 2.45) is 0 Å². The predicted molar refractivity (Wildman–Crippen MR) is 332 cm³/mol. The van der Waals surface area contributed by atoms with E-state index >= 15 is 0 Å². The molecule has 0 fully saturated rings. The molecule has 8 aromatic carbocycles. The maximum atomic E-state index is 11.9. The van der Waals surface area contributed by atoms with Crippen molar-refractivity contribution in [3.8, 4) is 56.4 Å². The minimum absolute atomic E-state index is 0.130. The van der Waals surface area contributed by atoms with Gasteiger partial charge in [-0.05, 0) is 166 Å². The molecule has 0 amide bonds. The molecule has 81 heavy (non-hydrogen) atoms. The molecule has 0 aliphatic carbocycles. The summed E-state index contributed by atoms with van der Waals surface area (Å²) in [4.78, 5) is 35.9. The van der Waals surface area contributed by atoms with Crippen molar-refractivity contribution >= 4 is 64.4 Å². The molecular formula is C73H52N6O2. The summed E-state index contributed by atoms with van der Waals surface area (Å²) in [6, 6.07) is 92.9. The average Bonchev–Trinajstić information content (AvgIpc) is 3.55. The van der Waals surface area contributed by atoms with Crippen LogP contribution in [0.3, 0.4) is 0 Å². The minimum atomic E-state index is -1.04. The fourth-order valence-corrected chi connectivity index (χ4v) is 9.79. The lowest BCUT2D eigenvalue weighted by Gasteiger charge is -2.25. The van der Waals surface area contributed by atoms with E-state index in [0.29, 0.717) is 34.2 Å². The van der Waals surface area contributed by atoms with Gasteiger partial charge in [0.1, 0.15) is 0 Å². The van der Waals surface area contributed by atoms with Crippen LogP contribution in [-0.2, 0) is 0 Å². The van der Waals surface area contributed by atoms with Gasteiger partial charge in [0, 0.05) is 46.5 Å². The third kappa shape index (κ3) is 11.9. The Morgan fingerprint density at radius 1 is 0.296 bits per heavy atom. The summed E-state index contributed by atoms with van der Waals surface area (Å²) < 4.78 is 0. The Morgan fingerprint density at radius 3 is 1.12 bits per heavy atom. The number of benzene rings is 8. The SMILES string of the molecule is O=C(O)c1ccnc(-c2cccc(-c3cc(/C=C/c4ccc(N(c5ccccc5)c5ccc(-c6ccccc6)cc5)cc4)cc(-c4cc(/C=C/c5ccc(N(c6ccccc6)c6ccc(-c7ccccc7)cc6)cc5)ccn4)n3)n2)c1. The van der Waals surface area contributed by atoms with Crippen molar-refractivity contribution in [2.45, 2.75) is 0 Å². The molecule has 0 unspecified atom stereocenters. The number of nitrogens with zero attached hydrogens (tertiary/aromatic N) is 6. The number of pyridine rings is 4. The highest BCUT2D eigenvalue weighted by molar-refractivity contribution is 5.89. The first-order chi connectivity index (χ1) is 39.9. The Bertz CT molecular complexity index is 4160. The van der Waals surface area contributed by atoms with E-state index in [2.05, 4.69) is 233 Å². The molecule has 4 aromatic heterocycles. The Morgan fingerprint density at radius 2 is 0.642 bits per heavy atom. The summed E-state index contributed by atoms with van der Waals surface area (Å²) in [5.74, 6) is -1.04. The van der Waals surface area contributed by atoms with Crippen molar-refractivity contribution < 1.29 is 9.90 Å². The van der Waals surface area contributed by atoms with E-state index in [4.69, 9.17) is 15.0 Å². The summed E-state index contributed by atoms with van der Waals surface area (Å²) in [5.41, 5.74) is 18.6. The highest BCUT2D eigenvalue weighted by atomic mass is 16.4. The average molecular weight is 1050 g/mol. The van der Waals surface area contributed by atoms with Crippen LogP contribution in [0, 0.1) is 0 Å². The molecule has 0 saturated carbocycles. The van der Waals surface area contributed by atoms with Crippen LogP contribution in [0.15, 0.2) is 285 Å². The normalized spacial score (nSPS) is 11.2. The fourth-order valence-electron chi connectivity index (χ4n) is 9.79. The van der Waals surface area contributed by atoms with Crippen molar-refractivity contribution in [1.82, 2.24) is 19.9 Å². The van der Waals surface area contributed by atoms with E-state index in [0.717, 1.165) is 61.9 Å². The van der Waals surface area contributed by atoms with Crippen molar-refractivity contribution in [3.05, 3.63) is 313 Å². The number of para-hydroxylation sites is 2. The van der Waals surface area contributed by atoms with Crippen LogP contribution in [0.25, 0.3) is 80.7 Å². The van der Waals surface area contributed by atoms with Gasteiger partial charge in [0.2, 0.25) is 0 Å². The van der Waals surface area contributed by atoms with Crippen LogP contribution < -0.4 is 9.80 Å². The molecule has 4 heterocycles. The Labute approximate surface area is 471 Å². The monoisotopic (exact) mass is 1040 g/mol. The van der Waals surface area contributed by atoms with Gasteiger partial charge in [-0.25, -0.2) is 14.8 Å². The number of aromatic carboxylic acids is 1. The second-order valence-electron chi connectivity index (χ2n) is 19.3. The van der Waals surface area contributed by atoms with Gasteiger partial charge in [-0.1, -0.05) is 176 Å². The van der Waals surface area contributed by atoms with Crippen molar-refractivity contribution in [3.63, 3.8) is 0 Å². The molecule has 0 atom stereocenters. The van der Waals surface area contributed by atoms with Crippen LogP contribution in [-0.4, -0.2) is 31.0 Å². The van der Waals surface area contributed by atoms with Crippen LogP contribution in [0.2, 0.25) is 0 Å². The number of carbonyl (C=O) groups is 1. The largest absolute Gasteiger partial charge is 0.478 e. The molecule has 0 aliphatic heterocycles. The van der Waals surface area contributed by atoms with E-state index in [-0.39, 0.29) is 5.56 Å². The summed E-state index contributed by atoms with van der Waals surface area (Å²) in [6.07, 6.45) is 11.7. The smallest absolute Gasteiger partial charge is 0.335 e. The maximum absolute atomic E-state index is 11.9. The molecule has 0 spiro atoms. The van der Waals surface area contributed by atoms with Crippen molar-refractivity contribution in [2.75, 3.05) is 9.80 Å². The third-order valence-electron chi connectivity index (χ3n) is 13.9. The van der Waals surface area contributed by atoms with Gasteiger partial charge in [0.05, 0.1) is 39.7 Å². The van der Waals surface area contributed by atoms with Gasteiger partial charge in [-0.3, -0.25) is 9.97 Å². The molecule has 0 radical (unpaired) electrons. The van der Waals surface area contributed by atoms with E-state index in [1.165, 1.54) is 35.0 Å². The number of carboxylic acid groups (broad SMARTS) is 1. The minimum Gasteiger partial charge on any atom is -0.478 e. The highest BCUT2D eigenvalue weighted by Crippen LogP contribution is 2.38. The molecular weight excluding hydrogens is 993 g/mol. The van der Waals surface area contributed by atoms with Gasteiger partial charge in [0.25, 0.3) is 0 Å². The number of hydrogen-bond acceptors (Lipinski definition) is 7. The second-order valence-corrected chi connectivity index (χ2v) is 19.3. The first-order valence-electron chi connectivity index (χ1n) is 26.7. The zero-order chi connectivity index (χ0) is 54.7. The number of anilines is 6. The van der Waals surface area contributed by atoms with Gasteiger partial charge >= 0.3 is 5.97 Å². The van der Waals surface area contributed by atoms with Crippen LogP contribution in [0.4, 0.5) is 34.1 Å². The summed E-state index contributed by atoms with van der Waals surface area (Å²) in [7, 11) is 0. The maximum Gasteiger partial charge on any atom is 0.335 e. The van der Waals surface area contributed by atoms with Crippen LogP contribution in [0.1, 0.15) is 32.6 Å². The Kier molecular flexibility index (Phi) is 14.8. The van der Waals surface area contributed by atoms with E-state index in [1.54, 1.807) is 6.20 Å². The highest BCUT2D eigenvalue weighted by Gasteiger charge is 2.16. The molecule has 8 heteroatoms. The molecule has 8 nitrogen and oxygen atoms in total. The molecule has 12 rings (SSSR count). The van der Waals surface area contributed by atoms with E-state index in [1.807, 2.05) is 66.7 Å². The fraction of sp³-hybridized carbons (Fsp3) is 0. The van der Waals surface area contributed by atoms with Gasteiger partial charge in [-0.2, -0.15) is 0 Å². The number of rotatable bonds is 16. The third-order valence-corrected chi connectivity index (χ3v) is 13.9. The van der Waals surface area contributed by atoms with Crippen LogP contribution in [0.5, 0.6) is 0 Å². The summed E-state index contributed by atoms with van der Waals surface area (Å²) in [6.45, 7) is 0. The van der Waals surface area contributed by atoms with E-state index in [9.17, 15) is 9.90 Å². The number of aromatic nitrogens is 4. The molecule has 0 aliphatic rings. The summed E-state index contributed by atoms with van der Waals surface area (Å²) in [5, 5.41) is 9.73. The first-order valence-corrected chi connectivity index (χ1v) is 26.7. The predicted octanol–water partition coefficient (Wildman–Crippen LogP) is 18.6. The quantitative estimate of drug-likeness (QED) is 0.102. The Balaban J connectivity index is 0.837. The lowest BCUT2D eigenvalue weighted by molar-refractivity contribution is 0.0696. The zero-order valence-electron chi connectivity index (χ0n) is 44.0. The molecule has 12 aromatic rings. The van der Waals surface area contributed by atoms with E-state index < -0.39 is 5.97 Å². The van der Waals surface area contributed by atoms with Crippen molar-refractivity contribution in [1.29, 1.82) is 0 Å². The number of carboxylic acids is 1. The Hall–Kier alpha value is -11.1. The molecule has 0 bridgehead atoms. The molecule has 386 valence electrons. The lowest BCUT2D eigenvalue weighted by Crippen LogP contribution is -2.09. The van der Waals surface area contributed by atoms with Gasteiger partial charge in [0.15, 0.2) is 0 Å².